The second-order valence-corrected chi connectivity index (χ2v) is 12.9. The van der Waals surface area contributed by atoms with Crippen molar-refractivity contribution in [2.45, 2.75) is 115 Å². The van der Waals surface area contributed by atoms with Crippen LogP contribution in [0.5, 0.6) is 0 Å². The lowest BCUT2D eigenvalue weighted by Crippen LogP contribution is -2.65. The van der Waals surface area contributed by atoms with E-state index in [-0.39, 0.29) is 25.9 Å². The van der Waals surface area contributed by atoms with Crippen LogP contribution in [0.4, 0.5) is 4.79 Å². The van der Waals surface area contributed by atoms with Crippen LogP contribution in [0.25, 0.3) is 0 Å². The number of aliphatic hydroxyl groups excluding tert-OH is 2. The number of likely N-dealkylation sites (tertiary alicyclic amines) is 2. The molecule has 13 nitrogen and oxygen atoms in total. The maximum absolute atomic E-state index is 14.3. The SMILES string of the molecule is Cc1ccc(C[C@]2(C(=O)N[C@H](C(N)=O)[C@@H](C)O)CCCN2C(=O)[C@@H]2CCCN2C(=O)[C@@H](NC(=O)OC(C)(C)C)[C@@H](C)O)cc1. The van der Waals surface area contributed by atoms with Crippen LogP contribution in [0.1, 0.15) is 71.4 Å². The Morgan fingerprint density at radius 2 is 1.61 bits per heavy atom. The van der Waals surface area contributed by atoms with E-state index in [1.165, 1.54) is 23.6 Å². The minimum absolute atomic E-state index is 0.132. The fourth-order valence-corrected chi connectivity index (χ4v) is 5.92. The number of primary amides is 1. The summed E-state index contributed by atoms with van der Waals surface area (Å²) >= 11 is 0. The van der Waals surface area contributed by atoms with E-state index < -0.39 is 71.2 Å². The largest absolute Gasteiger partial charge is 0.444 e. The molecule has 6 atom stereocenters. The maximum Gasteiger partial charge on any atom is 0.408 e. The number of carbonyl (C=O) groups excluding carboxylic acids is 5. The van der Waals surface area contributed by atoms with Gasteiger partial charge in [-0.2, -0.15) is 0 Å². The predicted octanol–water partition coefficient (Wildman–Crippen LogP) is 0.515. The Hall–Kier alpha value is -3.71. The molecule has 0 radical (unpaired) electrons. The van der Waals surface area contributed by atoms with Crippen molar-refractivity contribution in [1.29, 1.82) is 0 Å². The number of hydrogen-bond acceptors (Lipinski definition) is 8. The zero-order valence-electron chi connectivity index (χ0n) is 26.5. The highest BCUT2D eigenvalue weighted by Gasteiger charge is 2.53. The molecule has 44 heavy (non-hydrogen) atoms. The molecule has 6 N–H and O–H groups in total. The number of aliphatic hydroxyl groups is 2. The molecule has 1 aromatic carbocycles. The van der Waals surface area contributed by atoms with Gasteiger partial charge in [-0.3, -0.25) is 19.2 Å². The maximum atomic E-state index is 14.3. The summed E-state index contributed by atoms with van der Waals surface area (Å²) < 4.78 is 5.27. The van der Waals surface area contributed by atoms with E-state index in [4.69, 9.17) is 10.5 Å². The molecule has 0 bridgehead atoms. The Labute approximate surface area is 258 Å². The molecule has 5 amide bonds. The van der Waals surface area contributed by atoms with Crippen LogP contribution < -0.4 is 16.4 Å². The number of amides is 5. The van der Waals surface area contributed by atoms with Crippen molar-refractivity contribution in [3.05, 3.63) is 35.4 Å². The molecule has 3 rings (SSSR count). The van der Waals surface area contributed by atoms with E-state index in [1.807, 2.05) is 31.2 Å². The zero-order valence-corrected chi connectivity index (χ0v) is 26.5. The first-order valence-electron chi connectivity index (χ1n) is 15.1. The normalized spacial score (nSPS) is 23.0. The summed E-state index contributed by atoms with van der Waals surface area (Å²) in [6.45, 7) is 10.1. The number of hydrogen-bond donors (Lipinski definition) is 5. The third-order valence-corrected chi connectivity index (χ3v) is 8.11. The van der Waals surface area contributed by atoms with Crippen LogP contribution in [0.15, 0.2) is 24.3 Å². The van der Waals surface area contributed by atoms with Crippen LogP contribution in [-0.2, 0) is 30.3 Å². The number of nitrogens with zero attached hydrogens (tertiary/aromatic N) is 2. The first-order valence-corrected chi connectivity index (χ1v) is 15.1. The van der Waals surface area contributed by atoms with Crippen molar-refractivity contribution in [3.63, 3.8) is 0 Å². The Bertz CT molecular complexity index is 1230. The molecule has 0 spiro atoms. The van der Waals surface area contributed by atoms with Crippen molar-refractivity contribution in [1.82, 2.24) is 20.4 Å². The van der Waals surface area contributed by atoms with Gasteiger partial charge in [-0.05, 0) is 72.8 Å². The molecule has 2 fully saturated rings. The van der Waals surface area contributed by atoms with Gasteiger partial charge in [0.25, 0.3) is 0 Å². The number of carbonyl (C=O) groups is 5. The minimum Gasteiger partial charge on any atom is -0.444 e. The van der Waals surface area contributed by atoms with Gasteiger partial charge in [0.05, 0.1) is 12.2 Å². The highest BCUT2D eigenvalue weighted by Crippen LogP contribution is 2.36. The van der Waals surface area contributed by atoms with Crippen molar-refractivity contribution in [2.24, 2.45) is 5.73 Å². The van der Waals surface area contributed by atoms with Crippen molar-refractivity contribution in [2.75, 3.05) is 13.1 Å². The summed E-state index contributed by atoms with van der Waals surface area (Å²) in [5.41, 5.74) is 5.01. The van der Waals surface area contributed by atoms with Crippen LogP contribution >= 0.6 is 0 Å². The Morgan fingerprint density at radius 1 is 1.00 bits per heavy atom. The molecule has 0 aliphatic carbocycles. The second-order valence-electron chi connectivity index (χ2n) is 12.9. The molecule has 0 aromatic heterocycles. The summed E-state index contributed by atoms with van der Waals surface area (Å²) in [5.74, 6) is -2.64. The molecule has 0 saturated carbocycles. The van der Waals surface area contributed by atoms with E-state index in [1.54, 1.807) is 20.8 Å². The highest BCUT2D eigenvalue weighted by atomic mass is 16.6. The van der Waals surface area contributed by atoms with Gasteiger partial charge in [0.1, 0.15) is 29.3 Å². The molecule has 2 aliphatic heterocycles. The Kier molecular flexibility index (Phi) is 11.0. The van der Waals surface area contributed by atoms with E-state index in [2.05, 4.69) is 10.6 Å². The fourth-order valence-electron chi connectivity index (χ4n) is 5.92. The third-order valence-electron chi connectivity index (χ3n) is 8.11. The zero-order chi connectivity index (χ0) is 33.0. The van der Waals surface area contributed by atoms with E-state index in [0.717, 1.165) is 11.1 Å². The van der Waals surface area contributed by atoms with Gasteiger partial charge in [0, 0.05) is 19.5 Å². The number of rotatable bonds is 10. The monoisotopic (exact) mass is 617 g/mol. The highest BCUT2D eigenvalue weighted by molar-refractivity contribution is 5.98. The fraction of sp³-hybridized carbons (Fsp3) is 0.645. The lowest BCUT2D eigenvalue weighted by molar-refractivity contribution is -0.153. The van der Waals surface area contributed by atoms with Gasteiger partial charge in [-0.25, -0.2) is 4.79 Å². The smallest absolute Gasteiger partial charge is 0.408 e. The van der Waals surface area contributed by atoms with Gasteiger partial charge in [0.2, 0.25) is 23.6 Å². The summed E-state index contributed by atoms with van der Waals surface area (Å²) in [4.78, 5) is 69.4. The van der Waals surface area contributed by atoms with E-state index >= 15 is 0 Å². The average Bonchev–Trinajstić information content (AvgIpc) is 3.57. The third kappa shape index (κ3) is 8.06. The van der Waals surface area contributed by atoms with Gasteiger partial charge >= 0.3 is 6.09 Å². The predicted molar refractivity (Wildman–Crippen MR) is 161 cm³/mol. The van der Waals surface area contributed by atoms with Crippen LogP contribution in [0.3, 0.4) is 0 Å². The van der Waals surface area contributed by atoms with Gasteiger partial charge in [-0.1, -0.05) is 29.8 Å². The average molecular weight is 618 g/mol. The Balaban J connectivity index is 1.94. The van der Waals surface area contributed by atoms with Gasteiger partial charge < -0.3 is 41.1 Å². The molecule has 2 saturated heterocycles. The Morgan fingerprint density at radius 3 is 2.16 bits per heavy atom. The van der Waals surface area contributed by atoms with E-state index in [9.17, 15) is 34.2 Å². The van der Waals surface area contributed by atoms with Gasteiger partial charge in [0.15, 0.2) is 0 Å². The van der Waals surface area contributed by atoms with Crippen molar-refractivity contribution < 1.29 is 38.9 Å². The quantitative estimate of drug-likeness (QED) is 0.251. The number of benzene rings is 1. The number of nitrogens with two attached hydrogens (primary N) is 1. The lowest BCUT2D eigenvalue weighted by Gasteiger charge is -2.41. The molecular weight excluding hydrogens is 570 g/mol. The number of nitrogens with one attached hydrogen (secondary N) is 2. The van der Waals surface area contributed by atoms with Crippen molar-refractivity contribution >= 4 is 29.7 Å². The second kappa shape index (κ2) is 13.9. The minimum atomic E-state index is -1.43. The number of alkyl carbamates (subject to hydrolysis) is 1. The molecular formula is C31H47N5O8. The summed E-state index contributed by atoms with van der Waals surface area (Å²) in [5, 5.41) is 25.6. The van der Waals surface area contributed by atoms with Crippen LogP contribution in [-0.4, -0.2) is 104 Å². The number of aryl methyl sites for hydroxylation is 1. The number of ether oxygens (including phenoxy) is 1. The van der Waals surface area contributed by atoms with Gasteiger partial charge in [-0.15, -0.1) is 0 Å². The summed E-state index contributed by atoms with van der Waals surface area (Å²) in [7, 11) is 0. The van der Waals surface area contributed by atoms with E-state index in [0.29, 0.717) is 19.3 Å². The first-order chi connectivity index (χ1) is 20.5. The summed E-state index contributed by atoms with van der Waals surface area (Å²) in [6.07, 6.45) is -1.72. The first kappa shape index (κ1) is 34.8. The summed E-state index contributed by atoms with van der Waals surface area (Å²) in [6, 6.07) is 3.85. The molecule has 0 unspecified atom stereocenters. The van der Waals surface area contributed by atoms with Crippen LogP contribution in [0.2, 0.25) is 0 Å². The molecule has 2 aliphatic rings. The van der Waals surface area contributed by atoms with Crippen molar-refractivity contribution in [3.8, 4) is 0 Å². The standard InChI is InChI=1S/C31H47N5O8/c1-18-10-12-21(13-11-18)17-31(28(42)33-23(19(2)37)25(32)39)14-8-16-36(31)26(40)22-9-7-15-35(22)27(41)24(20(3)38)34-29(43)44-30(4,5)6/h10-13,19-20,22-24,37-38H,7-9,14-17H2,1-6H3,(H2,32,39)(H,33,42)(H,34,43)/t19-,20-,22+,23+,24+,31+/m1/s1. The molecule has 1 aromatic rings. The lowest BCUT2D eigenvalue weighted by atomic mass is 9.85. The topological polar surface area (TPSA) is 192 Å². The molecule has 244 valence electrons. The molecule has 13 heteroatoms. The molecule has 2 heterocycles. The van der Waals surface area contributed by atoms with Crippen LogP contribution in [0, 0.1) is 6.92 Å².